The molecule has 1 aliphatic heterocycles. The van der Waals surface area contributed by atoms with Crippen molar-refractivity contribution in [1.29, 1.82) is 0 Å². The summed E-state index contributed by atoms with van der Waals surface area (Å²) >= 11 is 1.66. The molecule has 4 rings (SSSR count). The fourth-order valence-electron chi connectivity index (χ4n) is 3.70. The van der Waals surface area contributed by atoms with Gasteiger partial charge in [-0.2, -0.15) is 0 Å². The van der Waals surface area contributed by atoms with Crippen molar-refractivity contribution in [3.63, 3.8) is 0 Å². The topological polar surface area (TPSA) is 66.5 Å². The van der Waals surface area contributed by atoms with Gasteiger partial charge in [-0.05, 0) is 47.2 Å². The number of carbonyl (C=O) groups excluding carboxylic acids is 1. The van der Waals surface area contributed by atoms with E-state index in [1.807, 2.05) is 40.6 Å². The first-order valence-electron chi connectivity index (χ1n) is 9.36. The number of nitrogens with one attached hydrogen (secondary N) is 1. The summed E-state index contributed by atoms with van der Waals surface area (Å²) in [4.78, 5) is 15.9. The van der Waals surface area contributed by atoms with E-state index in [9.17, 15) is 13.2 Å². The molecule has 0 bridgehead atoms. The predicted octanol–water partition coefficient (Wildman–Crippen LogP) is 3.93. The maximum absolute atomic E-state index is 12.6. The molecule has 0 spiro atoms. The number of hydrogen-bond acceptors (Lipinski definition) is 4. The molecule has 1 amide bonds. The van der Waals surface area contributed by atoms with Crippen molar-refractivity contribution in [2.24, 2.45) is 0 Å². The lowest BCUT2D eigenvalue weighted by molar-refractivity contribution is -0.131. The number of fused-ring (bicyclic) bond motifs is 1. The Morgan fingerprint density at radius 3 is 2.71 bits per heavy atom. The first kappa shape index (κ1) is 19.1. The van der Waals surface area contributed by atoms with E-state index in [2.05, 4.69) is 10.8 Å². The normalized spacial score (nSPS) is 17.3. The molecule has 0 radical (unpaired) electrons. The number of carbonyl (C=O) groups is 1. The van der Waals surface area contributed by atoms with Gasteiger partial charge in [0.2, 0.25) is 15.9 Å². The standard InChI is InChI=1S/C21H22N2O3S2/c24-21(23-13-3-7-19(23)20-8-4-14-27-20)11-12-22-28(25,26)18-10-9-16-5-1-2-6-17(16)15-18/h1-2,4-6,8-10,14-15,19,22H,3,7,11-13H2. The third-order valence-electron chi connectivity index (χ3n) is 5.11. The molecule has 1 aliphatic rings. The van der Waals surface area contributed by atoms with Crippen LogP contribution in [-0.2, 0) is 14.8 Å². The van der Waals surface area contributed by atoms with Gasteiger partial charge in [0.15, 0.2) is 0 Å². The molecule has 1 fully saturated rings. The molecule has 1 N–H and O–H groups in total. The van der Waals surface area contributed by atoms with Crippen molar-refractivity contribution in [2.45, 2.75) is 30.2 Å². The SMILES string of the molecule is O=C(CCNS(=O)(=O)c1ccc2ccccc2c1)N1CCCC1c1cccs1. The molecule has 1 saturated heterocycles. The third kappa shape index (κ3) is 3.97. The maximum Gasteiger partial charge on any atom is 0.240 e. The van der Waals surface area contributed by atoms with E-state index in [1.54, 1.807) is 29.5 Å². The molecule has 1 atom stereocenters. The summed E-state index contributed by atoms with van der Waals surface area (Å²) in [5.41, 5.74) is 0. The number of nitrogens with zero attached hydrogens (tertiary/aromatic N) is 1. The Bertz CT molecular complexity index is 1080. The molecule has 1 aromatic heterocycles. The average Bonchev–Trinajstić information content (AvgIpc) is 3.38. The fourth-order valence-corrected chi connectivity index (χ4v) is 5.64. The number of sulfonamides is 1. The highest BCUT2D eigenvalue weighted by Crippen LogP contribution is 2.34. The Labute approximate surface area is 169 Å². The van der Waals surface area contributed by atoms with Gasteiger partial charge in [0.25, 0.3) is 0 Å². The second-order valence-corrected chi connectivity index (χ2v) is 9.66. The molecule has 28 heavy (non-hydrogen) atoms. The number of likely N-dealkylation sites (tertiary alicyclic amines) is 1. The summed E-state index contributed by atoms with van der Waals surface area (Å²) < 4.78 is 27.8. The molecule has 7 heteroatoms. The lowest BCUT2D eigenvalue weighted by Gasteiger charge is -2.24. The van der Waals surface area contributed by atoms with Crippen LogP contribution < -0.4 is 4.72 Å². The largest absolute Gasteiger partial charge is 0.335 e. The van der Waals surface area contributed by atoms with E-state index in [0.29, 0.717) is 0 Å². The van der Waals surface area contributed by atoms with E-state index in [0.717, 1.165) is 30.2 Å². The van der Waals surface area contributed by atoms with Gasteiger partial charge in [0.05, 0.1) is 10.9 Å². The summed E-state index contributed by atoms with van der Waals surface area (Å²) in [6, 6.07) is 16.9. The zero-order valence-electron chi connectivity index (χ0n) is 15.4. The van der Waals surface area contributed by atoms with Gasteiger partial charge in [0.1, 0.15) is 0 Å². The van der Waals surface area contributed by atoms with Crippen LogP contribution in [0.5, 0.6) is 0 Å². The van der Waals surface area contributed by atoms with Crippen molar-refractivity contribution < 1.29 is 13.2 Å². The van der Waals surface area contributed by atoms with Gasteiger partial charge in [-0.1, -0.05) is 36.4 Å². The summed E-state index contributed by atoms with van der Waals surface area (Å²) in [7, 11) is -3.65. The summed E-state index contributed by atoms with van der Waals surface area (Å²) in [5.74, 6) is -0.00267. The highest BCUT2D eigenvalue weighted by molar-refractivity contribution is 7.89. The lowest BCUT2D eigenvalue weighted by Crippen LogP contribution is -2.34. The molecule has 0 saturated carbocycles. The van der Waals surface area contributed by atoms with E-state index in [1.165, 1.54) is 4.88 Å². The van der Waals surface area contributed by atoms with Gasteiger partial charge < -0.3 is 4.90 Å². The smallest absolute Gasteiger partial charge is 0.240 e. The van der Waals surface area contributed by atoms with E-state index in [-0.39, 0.29) is 29.8 Å². The zero-order chi connectivity index (χ0) is 19.6. The third-order valence-corrected chi connectivity index (χ3v) is 7.54. The Hall–Kier alpha value is -2.22. The quantitative estimate of drug-likeness (QED) is 0.665. The minimum Gasteiger partial charge on any atom is -0.335 e. The Morgan fingerprint density at radius 1 is 1.11 bits per heavy atom. The second-order valence-electron chi connectivity index (χ2n) is 6.92. The van der Waals surface area contributed by atoms with Gasteiger partial charge in [-0.25, -0.2) is 13.1 Å². The maximum atomic E-state index is 12.6. The summed E-state index contributed by atoms with van der Waals surface area (Å²) in [5, 5.41) is 3.89. The fraction of sp³-hybridized carbons (Fsp3) is 0.286. The van der Waals surface area contributed by atoms with E-state index in [4.69, 9.17) is 0 Å². The van der Waals surface area contributed by atoms with Gasteiger partial charge >= 0.3 is 0 Å². The monoisotopic (exact) mass is 414 g/mol. The number of amides is 1. The van der Waals surface area contributed by atoms with Crippen LogP contribution in [0, 0.1) is 0 Å². The Morgan fingerprint density at radius 2 is 1.93 bits per heavy atom. The molecular formula is C21H22N2O3S2. The molecule has 3 aromatic rings. The highest BCUT2D eigenvalue weighted by Gasteiger charge is 2.30. The van der Waals surface area contributed by atoms with Crippen LogP contribution in [0.3, 0.4) is 0 Å². The summed E-state index contributed by atoms with van der Waals surface area (Å²) in [6.45, 7) is 0.834. The highest BCUT2D eigenvalue weighted by atomic mass is 32.2. The van der Waals surface area contributed by atoms with Crippen molar-refractivity contribution in [3.8, 4) is 0 Å². The van der Waals surface area contributed by atoms with Crippen molar-refractivity contribution in [2.75, 3.05) is 13.1 Å². The Balaban J connectivity index is 1.38. The minimum atomic E-state index is -3.65. The van der Waals surface area contributed by atoms with Crippen LogP contribution in [0.1, 0.15) is 30.2 Å². The number of rotatable bonds is 6. The molecule has 1 unspecified atom stereocenters. The molecule has 2 heterocycles. The first-order valence-corrected chi connectivity index (χ1v) is 11.7. The molecule has 5 nitrogen and oxygen atoms in total. The zero-order valence-corrected chi connectivity index (χ0v) is 17.0. The van der Waals surface area contributed by atoms with Crippen LogP contribution in [0.4, 0.5) is 0 Å². The first-order chi connectivity index (χ1) is 13.5. The van der Waals surface area contributed by atoms with Crippen molar-refractivity contribution >= 4 is 38.0 Å². The van der Waals surface area contributed by atoms with Crippen LogP contribution in [0.25, 0.3) is 10.8 Å². The van der Waals surface area contributed by atoms with Crippen LogP contribution in [0.2, 0.25) is 0 Å². The van der Waals surface area contributed by atoms with Gasteiger partial charge in [-0.3, -0.25) is 4.79 Å². The Kier molecular flexibility index (Phi) is 5.48. The molecule has 146 valence electrons. The minimum absolute atomic E-state index is 0.00267. The van der Waals surface area contributed by atoms with Crippen LogP contribution >= 0.6 is 11.3 Å². The molecule has 2 aromatic carbocycles. The van der Waals surface area contributed by atoms with E-state index < -0.39 is 10.0 Å². The lowest BCUT2D eigenvalue weighted by atomic mass is 10.1. The molecule has 0 aliphatic carbocycles. The predicted molar refractivity (Wildman–Crippen MR) is 112 cm³/mol. The summed E-state index contributed by atoms with van der Waals surface area (Å²) in [6.07, 6.45) is 2.11. The molecular weight excluding hydrogens is 392 g/mol. The number of hydrogen-bond donors (Lipinski definition) is 1. The second kappa shape index (κ2) is 8.03. The van der Waals surface area contributed by atoms with Gasteiger partial charge in [0, 0.05) is 24.4 Å². The number of benzene rings is 2. The average molecular weight is 415 g/mol. The van der Waals surface area contributed by atoms with E-state index >= 15 is 0 Å². The number of thiophene rings is 1. The van der Waals surface area contributed by atoms with Crippen molar-refractivity contribution in [3.05, 3.63) is 64.9 Å². The van der Waals surface area contributed by atoms with Crippen LogP contribution in [-0.4, -0.2) is 32.3 Å². The van der Waals surface area contributed by atoms with Crippen molar-refractivity contribution in [1.82, 2.24) is 9.62 Å². The van der Waals surface area contributed by atoms with Crippen LogP contribution in [0.15, 0.2) is 64.9 Å². The van der Waals surface area contributed by atoms with Gasteiger partial charge in [-0.15, -0.1) is 11.3 Å².